The summed E-state index contributed by atoms with van der Waals surface area (Å²) in [5.74, 6) is 2.98. The molecular formula is C22H32N4. The van der Waals surface area contributed by atoms with Gasteiger partial charge in [-0.15, -0.1) is 10.2 Å². The van der Waals surface area contributed by atoms with Crippen LogP contribution in [-0.4, -0.2) is 39.3 Å². The number of benzene rings is 1. The molecule has 140 valence electrons. The Bertz CT molecular complexity index is 713. The standard InChI is InChI=1S/C22H32N4/c1-18(2)8-7-9-19(3)17-25-13-12-21-23-24-22(26(21)15-14-25)16-20-10-5-4-6-11-20/h4-6,8,10-11,19H,7,9,12-17H2,1-3H3/t19-/m0/s1. The number of rotatable bonds is 7. The second kappa shape index (κ2) is 9.13. The molecular weight excluding hydrogens is 320 g/mol. The second-order valence-electron chi connectivity index (χ2n) is 7.86. The van der Waals surface area contributed by atoms with E-state index in [1.807, 2.05) is 0 Å². The monoisotopic (exact) mass is 352 g/mol. The number of allylic oxidation sites excluding steroid dienone is 2. The van der Waals surface area contributed by atoms with E-state index in [9.17, 15) is 0 Å². The van der Waals surface area contributed by atoms with Gasteiger partial charge in [0.1, 0.15) is 11.6 Å². The Hall–Kier alpha value is -1.94. The highest BCUT2D eigenvalue weighted by Gasteiger charge is 2.19. The van der Waals surface area contributed by atoms with Gasteiger partial charge in [-0.3, -0.25) is 0 Å². The largest absolute Gasteiger partial charge is 0.313 e. The summed E-state index contributed by atoms with van der Waals surface area (Å²) >= 11 is 0. The van der Waals surface area contributed by atoms with Crippen molar-refractivity contribution < 1.29 is 0 Å². The summed E-state index contributed by atoms with van der Waals surface area (Å²) in [7, 11) is 0. The first kappa shape index (κ1) is 18.8. The molecule has 0 unspecified atom stereocenters. The molecule has 0 N–H and O–H groups in total. The van der Waals surface area contributed by atoms with Gasteiger partial charge in [0.2, 0.25) is 0 Å². The van der Waals surface area contributed by atoms with E-state index in [4.69, 9.17) is 0 Å². The Balaban J connectivity index is 1.55. The number of nitrogens with zero attached hydrogens (tertiary/aromatic N) is 4. The number of hydrogen-bond acceptors (Lipinski definition) is 3. The van der Waals surface area contributed by atoms with Gasteiger partial charge in [0.15, 0.2) is 0 Å². The molecule has 1 aliphatic rings. The maximum Gasteiger partial charge on any atom is 0.137 e. The molecule has 1 aromatic carbocycles. The number of aromatic nitrogens is 3. The second-order valence-corrected chi connectivity index (χ2v) is 7.86. The summed E-state index contributed by atoms with van der Waals surface area (Å²) in [5.41, 5.74) is 2.73. The molecule has 4 heteroatoms. The van der Waals surface area contributed by atoms with Crippen LogP contribution in [0.2, 0.25) is 0 Å². The molecule has 0 radical (unpaired) electrons. The normalized spacial score (nSPS) is 16.0. The van der Waals surface area contributed by atoms with Gasteiger partial charge in [-0.2, -0.15) is 0 Å². The van der Waals surface area contributed by atoms with Crippen LogP contribution in [0.15, 0.2) is 42.0 Å². The molecule has 4 nitrogen and oxygen atoms in total. The first-order valence-corrected chi connectivity index (χ1v) is 9.92. The zero-order valence-corrected chi connectivity index (χ0v) is 16.5. The molecule has 0 amide bonds. The highest BCUT2D eigenvalue weighted by molar-refractivity contribution is 5.19. The van der Waals surface area contributed by atoms with E-state index < -0.39 is 0 Å². The van der Waals surface area contributed by atoms with Crippen LogP contribution in [0.1, 0.15) is 50.8 Å². The summed E-state index contributed by atoms with van der Waals surface area (Å²) < 4.78 is 2.35. The fraction of sp³-hybridized carbons (Fsp3) is 0.545. The third kappa shape index (κ3) is 5.28. The van der Waals surface area contributed by atoms with E-state index in [0.29, 0.717) is 0 Å². The van der Waals surface area contributed by atoms with Crippen LogP contribution in [0.3, 0.4) is 0 Å². The van der Waals surface area contributed by atoms with Gasteiger partial charge >= 0.3 is 0 Å². The molecule has 2 heterocycles. The fourth-order valence-electron chi connectivity index (χ4n) is 3.71. The summed E-state index contributed by atoms with van der Waals surface area (Å²) in [6, 6.07) is 10.6. The minimum atomic E-state index is 0.734. The average Bonchev–Trinajstić information content (AvgIpc) is 2.87. The van der Waals surface area contributed by atoms with Gasteiger partial charge in [0.25, 0.3) is 0 Å². The summed E-state index contributed by atoms with van der Waals surface area (Å²) in [6.07, 6.45) is 6.70. The van der Waals surface area contributed by atoms with Crippen LogP contribution in [0.5, 0.6) is 0 Å². The lowest BCUT2D eigenvalue weighted by molar-refractivity contribution is 0.236. The lowest BCUT2D eigenvalue weighted by atomic mass is 10.0. The highest BCUT2D eigenvalue weighted by Crippen LogP contribution is 2.16. The van der Waals surface area contributed by atoms with Crippen molar-refractivity contribution in [2.24, 2.45) is 5.92 Å². The molecule has 0 saturated heterocycles. The quantitative estimate of drug-likeness (QED) is 0.703. The van der Waals surface area contributed by atoms with E-state index in [0.717, 1.165) is 50.0 Å². The van der Waals surface area contributed by atoms with Gasteiger partial charge in [-0.25, -0.2) is 0 Å². The minimum absolute atomic E-state index is 0.734. The maximum atomic E-state index is 4.47. The van der Waals surface area contributed by atoms with Crippen molar-refractivity contribution in [1.82, 2.24) is 19.7 Å². The van der Waals surface area contributed by atoms with Crippen molar-refractivity contribution in [2.75, 3.05) is 19.6 Å². The van der Waals surface area contributed by atoms with Crippen molar-refractivity contribution in [1.29, 1.82) is 0 Å². The fourth-order valence-corrected chi connectivity index (χ4v) is 3.71. The molecule has 26 heavy (non-hydrogen) atoms. The van der Waals surface area contributed by atoms with Crippen LogP contribution < -0.4 is 0 Å². The molecule has 2 aromatic rings. The van der Waals surface area contributed by atoms with Crippen molar-refractivity contribution in [3.63, 3.8) is 0 Å². The van der Waals surface area contributed by atoms with Crippen molar-refractivity contribution in [3.8, 4) is 0 Å². The molecule has 1 aromatic heterocycles. The summed E-state index contributed by atoms with van der Waals surface area (Å²) in [5, 5.41) is 8.94. The number of hydrogen-bond donors (Lipinski definition) is 0. The van der Waals surface area contributed by atoms with Gasteiger partial charge in [0.05, 0.1) is 0 Å². The van der Waals surface area contributed by atoms with Crippen LogP contribution in [0, 0.1) is 5.92 Å². The molecule has 3 rings (SSSR count). The molecule has 1 aliphatic heterocycles. The summed E-state index contributed by atoms with van der Waals surface area (Å²) in [4.78, 5) is 2.61. The van der Waals surface area contributed by atoms with E-state index in [1.165, 1.54) is 30.5 Å². The molecule has 0 saturated carbocycles. The van der Waals surface area contributed by atoms with Gasteiger partial charge in [-0.1, -0.05) is 48.9 Å². The third-order valence-electron chi connectivity index (χ3n) is 5.18. The minimum Gasteiger partial charge on any atom is -0.313 e. The van der Waals surface area contributed by atoms with Crippen molar-refractivity contribution >= 4 is 0 Å². The van der Waals surface area contributed by atoms with Crippen molar-refractivity contribution in [3.05, 3.63) is 59.2 Å². The first-order valence-electron chi connectivity index (χ1n) is 9.92. The van der Waals surface area contributed by atoms with Crippen LogP contribution in [-0.2, 0) is 19.4 Å². The topological polar surface area (TPSA) is 34.0 Å². The Kier molecular flexibility index (Phi) is 6.62. The van der Waals surface area contributed by atoms with Crippen LogP contribution in [0.25, 0.3) is 0 Å². The molecule has 0 bridgehead atoms. The Morgan fingerprint density at radius 2 is 1.92 bits per heavy atom. The molecule has 0 fully saturated rings. The van der Waals surface area contributed by atoms with E-state index in [-0.39, 0.29) is 0 Å². The molecule has 1 atom stereocenters. The van der Waals surface area contributed by atoms with Gasteiger partial charge in [0, 0.05) is 39.0 Å². The maximum absolute atomic E-state index is 4.47. The first-order chi connectivity index (χ1) is 12.6. The lowest BCUT2D eigenvalue weighted by Gasteiger charge is -2.23. The van der Waals surface area contributed by atoms with E-state index in [2.05, 4.69) is 76.8 Å². The van der Waals surface area contributed by atoms with Gasteiger partial charge < -0.3 is 9.47 Å². The summed E-state index contributed by atoms with van der Waals surface area (Å²) in [6.45, 7) is 11.1. The Labute approximate surface area is 157 Å². The average molecular weight is 353 g/mol. The van der Waals surface area contributed by atoms with Crippen LogP contribution in [0.4, 0.5) is 0 Å². The molecule has 0 spiro atoms. The Morgan fingerprint density at radius 3 is 2.69 bits per heavy atom. The predicted molar refractivity (Wildman–Crippen MR) is 107 cm³/mol. The zero-order chi connectivity index (χ0) is 18.4. The van der Waals surface area contributed by atoms with Crippen LogP contribution >= 0.6 is 0 Å². The third-order valence-corrected chi connectivity index (χ3v) is 5.18. The smallest absolute Gasteiger partial charge is 0.137 e. The Morgan fingerprint density at radius 1 is 1.12 bits per heavy atom. The SMILES string of the molecule is CC(C)=CCC[C@H](C)CN1CCc2nnc(Cc3ccccc3)n2CC1. The van der Waals surface area contributed by atoms with E-state index in [1.54, 1.807) is 0 Å². The predicted octanol–water partition coefficient (Wildman–Crippen LogP) is 4.11. The highest BCUT2D eigenvalue weighted by atomic mass is 15.3. The molecule has 0 aliphatic carbocycles. The van der Waals surface area contributed by atoms with E-state index >= 15 is 0 Å². The zero-order valence-electron chi connectivity index (χ0n) is 16.5. The number of fused-ring (bicyclic) bond motifs is 1. The van der Waals surface area contributed by atoms with Gasteiger partial charge in [-0.05, 0) is 38.2 Å². The van der Waals surface area contributed by atoms with Crippen molar-refractivity contribution in [2.45, 2.75) is 53.0 Å². The lowest BCUT2D eigenvalue weighted by Crippen LogP contribution is -2.31.